The molecular weight excluding hydrogens is 450 g/mol. The molecule has 1 N–H and O–H groups in total. The number of hydrogen-bond donors (Lipinski definition) is 1. The second-order valence-electron chi connectivity index (χ2n) is 7.18. The van der Waals surface area contributed by atoms with Crippen LogP contribution in [0.1, 0.15) is 15.9 Å². The Balaban J connectivity index is 1.45. The molecule has 32 heavy (non-hydrogen) atoms. The number of rotatable bonds is 6. The van der Waals surface area contributed by atoms with E-state index in [0.29, 0.717) is 5.56 Å². The number of amides is 1. The van der Waals surface area contributed by atoms with Crippen LogP contribution in [0.15, 0.2) is 93.9 Å². The smallest absolute Gasteiger partial charge is 0.253 e. The molecule has 0 unspecified atom stereocenters. The van der Waals surface area contributed by atoms with E-state index in [2.05, 4.69) is 10.3 Å². The van der Waals surface area contributed by atoms with Crippen LogP contribution in [0.25, 0.3) is 5.65 Å². The zero-order chi connectivity index (χ0) is 22.9. The van der Waals surface area contributed by atoms with E-state index in [0.717, 1.165) is 17.5 Å². The molecule has 0 aliphatic heterocycles. The Morgan fingerprint density at radius 2 is 1.47 bits per heavy atom. The first-order valence-corrected chi connectivity index (χ1v) is 12.9. The Morgan fingerprint density at radius 3 is 2.09 bits per heavy atom. The van der Waals surface area contributed by atoms with Crippen molar-refractivity contribution in [1.29, 1.82) is 0 Å². The highest BCUT2D eigenvalue weighted by Gasteiger charge is 2.18. The van der Waals surface area contributed by atoms with Crippen LogP contribution in [0.2, 0.25) is 0 Å². The monoisotopic (exact) mass is 469 g/mol. The summed E-state index contributed by atoms with van der Waals surface area (Å²) in [6, 6.07) is 14.7. The number of nitrogens with zero attached hydrogens (tertiary/aromatic N) is 2. The number of nitrogens with one attached hydrogen (secondary N) is 1. The summed E-state index contributed by atoms with van der Waals surface area (Å²) in [5, 5.41) is 2.80. The fraction of sp³-hybridized carbons (Fsp3) is 0.0909. The largest absolute Gasteiger partial charge is 0.348 e. The number of fused-ring (bicyclic) bond motifs is 1. The van der Waals surface area contributed by atoms with Gasteiger partial charge < -0.3 is 9.72 Å². The lowest BCUT2D eigenvalue weighted by atomic mass is 10.2. The van der Waals surface area contributed by atoms with Crippen molar-refractivity contribution >= 4 is 31.2 Å². The predicted molar refractivity (Wildman–Crippen MR) is 118 cm³/mol. The maximum absolute atomic E-state index is 12.8. The number of benzene rings is 2. The minimum absolute atomic E-state index is 0.000784. The van der Waals surface area contributed by atoms with Crippen molar-refractivity contribution in [3.05, 3.63) is 90.4 Å². The fourth-order valence-corrected chi connectivity index (χ4v) is 5.02. The molecule has 164 valence electrons. The van der Waals surface area contributed by atoms with Crippen molar-refractivity contribution in [3.8, 4) is 0 Å². The number of hydrogen-bond acceptors (Lipinski definition) is 6. The summed E-state index contributed by atoms with van der Waals surface area (Å²) in [5.41, 5.74) is 1.95. The van der Waals surface area contributed by atoms with E-state index in [1.807, 2.05) is 0 Å². The average molecular weight is 470 g/mol. The zero-order valence-electron chi connectivity index (χ0n) is 17.0. The van der Waals surface area contributed by atoms with Crippen LogP contribution in [-0.4, -0.2) is 38.4 Å². The maximum Gasteiger partial charge on any atom is 0.253 e. The molecule has 8 nitrogen and oxygen atoms in total. The normalized spacial score (nSPS) is 12.0. The third-order valence-electron chi connectivity index (χ3n) is 4.90. The summed E-state index contributed by atoms with van der Waals surface area (Å²) in [4.78, 5) is 16.7. The van der Waals surface area contributed by atoms with Crippen molar-refractivity contribution in [2.75, 3.05) is 6.26 Å². The van der Waals surface area contributed by atoms with Gasteiger partial charge in [-0.25, -0.2) is 21.8 Å². The zero-order valence-corrected chi connectivity index (χ0v) is 18.6. The lowest BCUT2D eigenvalue weighted by Gasteiger charge is -2.08. The maximum atomic E-state index is 12.8. The van der Waals surface area contributed by atoms with Gasteiger partial charge >= 0.3 is 0 Å². The number of imidazole rings is 1. The third kappa shape index (κ3) is 4.41. The SMILES string of the molecule is CS(=O)(=O)c1ccc(S(=O)(=O)c2ccc(CNC(=O)c3ccc4nccn4c3)cc2)cc1. The van der Waals surface area contributed by atoms with Crippen LogP contribution in [-0.2, 0) is 26.2 Å². The molecule has 1 amide bonds. The van der Waals surface area contributed by atoms with Crippen LogP contribution in [0, 0.1) is 0 Å². The average Bonchev–Trinajstić information content (AvgIpc) is 3.25. The Labute approximate surface area is 185 Å². The summed E-state index contributed by atoms with van der Waals surface area (Å²) >= 11 is 0. The van der Waals surface area contributed by atoms with Gasteiger partial charge in [0.05, 0.1) is 20.2 Å². The number of carbonyl (C=O) groups is 1. The van der Waals surface area contributed by atoms with Gasteiger partial charge in [0.25, 0.3) is 5.91 Å². The van der Waals surface area contributed by atoms with E-state index in [4.69, 9.17) is 0 Å². The number of carbonyl (C=O) groups excluding carboxylic acids is 1. The molecule has 0 spiro atoms. The molecule has 0 fully saturated rings. The lowest BCUT2D eigenvalue weighted by Crippen LogP contribution is -2.23. The van der Waals surface area contributed by atoms with Gasteiger partial charge in [0.15, 0.2) is 9.84 Å². The first kappa shape index (κ1) is 21.7. The Bertz CT molecular complexity index is 1510. The molecule has 2 aromatic carbocycles. The molecule has 2 aromatic heterocycles. The van der Waals surface area contributed by atoms with Crippen LogP contribution in [0.4, 0.5) is 0 Å². The summed E-state index contributed by atoms with van der Waals surface area (Å²) in [6.07, 6.45) is 6.14. The van der Waals surface area contributed by atoms with E-state index >= 15 is 0 Å². The third-order valence-corrected chi connectivity index (χ3v) is 7.81. The quantitative estimate of drug-likeness (QED) is 0.464. The second kappa shape index (κ2) is 8.21. The van der Waals surface area contributed by atoms with Gasteiger partial charge in [-0.2, -0.15) is 0 Å². The first-order valence-electron chi connectivity index (χ1n) is 9.50. The summed E-state index contributed by atoms with van der Waals surface area (Å²) in [7, 11) is -7.21. The minimum Gasteiger partial charge on any atom is -0.348 e. The van der Waals surface area contributed by atoms with E-state index in [1.165, 1.54) is 36.4 Å². The molecule has 4 aromatic rings. The van der Waals surface area contributed by atoms with Crippen molar-refractivity contribution in [2.45, 2.75) is 21.2 Å². The summed E-state index contributed by atoms with van der Waals surface area (Å²) in [6.45, 7) is 0.226. The summed E-state index contributed by atoms with van der Waals surface area (Å²) < 4.78 is 50.5. The van der Waals surface area contributed by atoms with Crippen molar-refractivity contribution in [1.82, 2.24) is 14.7 Å². The molecule has 0 saturated carbocycles. The molecule has 10 heteroatoms. The number of pyridine rings is 1. The van der Waals surface area contributed by atoms with Gasteiger partial charge in [0.2, 0.25) is 9.84 Å². The molecular formula is C22H19N3O5S2. The molecule has 0 aliphatic carbocycles. The van der Waals surface area contributed by atoms with E-state index < -0.39 is 19.7 Å². The lowest BCUT2D eigenvalue weighted by molar-refractivity contribution is 0.0950. The molecule has 0 radical (unpaired) electrons. The van der Waals surface area contributed by atoms with Crippen molar-refractivity contribution < 1.29 is 21.6 Å². The Kier molecular flexibility index (Phi) is 5.57. The van der Waals surface area contributed by atoms with Crippen LogP contribution in [0.5, 0.6) is 0 Å². The van der Waals surface area contributed by atoms with Crippen molar-refractivity contribution in [2.24, 2.45) is 0 Å². The van der Waals surface area contributed by atoms with E-state index in [-0.39, 0.29) is 27.1 Å². The molecule has 0 saturated heterocycles. The van der Waals surface area contributed by atoms with Gasteiger partial charge in [0, 0.05) is 31.4 Å². The van der Waals surface area contributed by atoms with Crippen LogP contribution < -0.4 is 5.32 Å². The molecule has 2 heterocycles. The Morgan fingerprint density at radius 1 is 0.875 bits per heavy atom. The van der Waals surface area contributed by atoms with Gasteiger partial charge in [-0.3, -0.25) is 4.79 Å². The Hall–Kier alpha value is -3.50. The molecule has 0 bridgehead atoms. The minimum atomic E-state index is -3.80. The number of sulfone groups is 2. The standard InChI is InChI=1S/C22H19N3O5S2/c1-31(27,28)18-7-9-20(10-8-18)32(29,30)19-5-2-16(3-6-19)14-24-22(26)17-4-11-21-23-12-13-25(21)15-17/h2-13,15H,14H2,1H3,(H,24,26). The van der Waals surface area contributed by atoms with Gasteiger partial charge in [-0.05, 0) is 54.1 Å². The molecule has 4 rings (SSSR count). The van der Waals surface area contributed by atoms with E-state index in [9.17, 15) is 21.6 Å². The van der Waals surface area contributed by atoms with Gasteiger partial charge in [-0.15, -0.1) is 0 Å². The number of aromatic nitrogens is 2. The van der Waals surface area contributed by atoms with Crippen molar-refractivity contribution in [3.63, 3.8) is 0 Å². The highest BCUT2D eigenvalue weighted by atomic mass is 32.2. The molecule has 0 atom stereocenters. The molecule has 0 aliphatic rings. The topological polar surface area (TPSA) is 115 Å². The first-order chi connectivity index (χ1) is 15.1. The fourth-order valence-electron chi connectivity index (χ4n) is 3.13. The second-order valence-corrected chi connectivity index (χ2v) is 11.1. The van der Waals surface area contributed by atoms with E-state index in [1.54, 1.807) is 47.3 Å². The van der Waals surface area contributed by atoms with Crippen LogP contribution in [0.3, 0.4) is 0 Å². The van der Waals surface area contributed by atoms with Crippen LogP contribution >= 0.6 is 0 Å². The van der Waals surface area contributed by atoms with Gasteiger partial charge in [-0.1, -0.05) is 12.1 Å². The predicted octanol–water partition coefficient (Wildman–Crippen LogP) is 2.50. The van der Waals surface area contributed by atoms with Gasteiger partial charge in [0.1, 0.15) is 5.65 Å². The highest BCUT2D eigenvalue weighted by molar-refractivity contribution is 7.91. The summed E-state index contributed by atoms with van der Waals surface area (Å²) in [5.74, 6) is -0.261. The highest BCUT2D eigenvalue weighted by Crippen LogP contribution is 2.22.